The van der Waals surface area contributed by atoms with Gasteiger partial charge in [0.05, 0.1) is 24.1 Å². The van der Waals surface area contributed by atoms with Crippen molar-refractivity contribution in [1.82, 2.24) is 20.6 Å². The van der Waals surface area contributed by atoms with Crippen molar-refractivity contribution >= 4 is 34.3 Å². The number of imidazole rings is 1. The molecule has 0 aliphatic heterocycles. The van der Waals surface area contributed by atoms with Gasteiger partial charge in [-0.05, 0) is 38.2 Å². The molecule has 0 spiro atoms. The first kappa shape index (κ1) is 17.2. The maximum atomic E-state index is 11.4. The van der Waals surface area contributed by atoms with E-state index in [0.717, 1.165) is 23.3 Å². The Morgan fingerprint density at radius 3 is 2.96 bits per heavy atom. The van der Waals surface area contributed by atoms with Crippen molar-refractivity contribution in [2.75, 3.05) is 13.2 Å². The lowest BCUT2D eigenvalue weighted by Gasteiger charge is -2.16. The van der Waals surface area contributed by atoms with Crippen molar-refractivity contribution in [2.45, 2.75) is 32.7 Å². The van der Waals surface area contributed by atoms with Crippen LogP contribution >= 0.6 is 12.2 Å². The minimum absolute atomic E-state index is 0.0692. The van der Waals surface area contributed by atoms with Crippen LogP contribution in [0.5, 0.6) is 0 Å². The van der Waals surface area contributed by atoms with Crippen LogP contribution < -0.4 is 10.6 Å². The van der Waals surface area contributed by atoms with E-state index < -0.39 is 0 Å². The Hall–Kier alpha value is -2.15. The molecule has 6 nitrogen and oxygen atoms in total. The maximum Gasteiger partial charge on any atom is 0.307 e. The molecule has 0 aliphatic rings. The molecule has 0 saturated carbocycles. The number of para-hydroxylation sites is 2. The van der Waals surface area contributed by atoms with E-state index in [9.17, 15) is 4.79 Å². The molecule has 1 heterocycles. The molecule has 7 heteroatoms. The van der Waals surface area contributed by atoms with Gasteiger partial charge in [-0.2, -0.15) is 0 Å². The zero-order chi connectivity index (χ0) is 16.7. The number of fused-ring (bicyclic) bond motifs is 1. The smallest absolute Gasteiger partial charge is 0.307 e. The van der Waals surface area contributed by atoms with Crippen molar-refractivity contribution in [3.05, 3.63) is 30.1 Å². The Labute approximate surface area is 141 Å². The fourth-order valence-electron chi connectivity index (χ4n) is 2.21. The lowest BCUT2D eigenvalue weighted by atomic mass is 10.2. The number of thiocarbonyl (C=S) groups is 1. The number of esters is 1. The van der Waals surface area contributed by atoms with Gasteiger partial charge in [-0.25, -0.2) is 4.98 Å². The zero-order valence-corrected chi connectivity index (χ0v) is 14.2. The molecule has 1 atom stereocenters. The monoisotopic (exact) mass is 334 g/mol. The second-order valence-corrected chi connectivity index (χ2v) is 5.67. The van der Waals surface area contributed by atoms with E-state index >= 15 is 0 Å². The molecular formula is C16H22N4O2S. The summed E-state index contributed by atoms with van der Waals surface area (Å²) in [7, 11) is 0. The number of ether oxygens (including phenoxy) is 1. The summed E-state index contributed by atoms with van der Waals surface area (Å²) in [5.74, 6) is 0.693. The highest BCUT2D eigenvalue weighted by molar-refractivity contribution is 7.80. The number of hydrogen-bond acceptors (Lipinski definition) is 4. The topological polar surface area (TPSA) is 79.0 Å². The highest BCUT2D eigenvalue weighted by Crippen LogP contribution is 2.10. The molecule has 0 radical (unpaired) electrons. The van der Waals surface area contributed by atoms with Crippen molar-refractivity contribution in [3.8, 4) is 0 Å². The van der Waals surface area contributed by atoms with E-state index in [1.807, 2.05) is 31.2 Å². The number of aromatic amines is 1. The maximum absolute atomic E-state index is 11.4. The minimum Gasteiger partial charge on any atom is -0.466 e. The van der Waals surface area contributed by atoms with Crippen LogP contribution in [0, 0.1) is 0 Å². The van der Waals surface area contributed by atoms with E-state index in [1.165, 1.54) is 0 Å². The second-order valence-electron chi connectivity index (χ2n) is 5.26. The number of nitrogens with one attached hydrogen (secondary N) is 3. The van der Waals surface area contributed by atoms with Crippen molar-refractivity contribution in [2.24, 2.45) is 0 Å². The molecular weight excluding hydrogens is 312 g/mol. The molecule has 124 valence electrons. The summed E-state index contributed by atoms with van der Waals surface area (Å²) in [4.78, 5) is 19.2. The van der Waals surface area contributed by atoms with Gasteiger partial charge in [-0.15, -0.1) is 0 Å². The van der Waals surface area contributed by atoms with E-state index in [1.54, 1.807) is 6.92 Å². The average molecular weight is 334 g/mol. The van der Waals surface area contributed by atoms with Gasteiger partial charge in [0, 0.05) is 19.0 Å². The van der Waals surface area contributed by atoms with Crippen LogP contribution in [-0.4, -0.2) is 40.2 Å². The molecule has 0 fully saturated rings. The molecule has 0 saturated heterocycles. The predicted molar refractivity (Wildman–Crippen MR) is 94.2 cm³/mol. The highest BCUT2D eigenvalue weighted by atomic mass is 32.1. The number of rotatable bonds is 7. The SMILES string of the molecule is CCOC(=O)CC(C)NC(=S)NCCc1nc2ccccc2[nH]1. The fraction of sp³-hybridized carbons (Fsp3) is 0.438. The lowest BCUT2D eigenvalue weighted by molar-refractivity contribution is -0.143. The van der Waals surface area contributed by atoms with Crippen LogP contribution in [0.1, 0.15) is 26.1 Å². The standard InChI is InChI=1S/C16H22N4O2S/c1-3-22-15(21)10-11(2)18-16(23)17-9-8-14-19-12-6-4-5-7-13(12)20-14/h4-7,11H,3,8-10H2,1-2H3,(H,19,20)(H2,17,18,23). The third-order valence-corrected chi connectivity index (χ3v) is 3.50. The van der Waals surface area contributed by atoms with Crippen LogP contribution in [0.25, 0.3) is 11.0 Å². The third kappa shape index (κ3) is 5.52. The van der Waals surface area contributed by atoms with Crippen molar-refractivity contribution < 1.29 is 9.53 Å². The van der Waals surface area contributed by atoms with Gasteiger partial charge in [-0.3, -0.25) is 4.79 Å². The summed E-state index contributed by atoms with van der Waals surface area (Å²) in [5.41, 5.74) is 2.00. The summed E-state index contributed by atoms with van der Waals surface area (Å²) < 4.78 is 4.91. The van der Waals surface area contributed by atoms with Gasteiger partial charge >= 0.3 is 5.97 Å². The largest absolute Gasteiger partial charge is 0.466 e. The third-order valence-electron chi connectivity index (χ3n) is 3.24. The van der Waals surface area contributed by atoms with Crippen molar-refractivity contribution in [3.63, 3.8) is 0 Å². The fourth-order valence-corrected chi connectivity index (χ4v) is 2.52. The number of carbonyl (C=O) groups excluding carboxylic acids is 1. The molecule has 23 heavy (non-hydrogen) atoms. The Morgan fingerprint density at radius 2 is 2.22 bits per heavy atom. The molecule has 1 aromatic carbocycles. The van der Waals surface area contributed by atoms with E-state index in [4.69, 9.17) is 17.0 Å². The number of nitrogens with zero attached hydrogens (tertiary/aromatic N) is 1. The van der Waals surface area contributed by atoms with Crippen LogP contribution in [-0.2, 0) is 16.0 Å². The van der Waals surface area contributed by atoms with Gasteiger partial charge in [-0.1, -0.05) is 12.1 Å². The van der Waals surface area contributed by atoms with Gasteiger partial charge in [0.2, 0.25) is 0 Å². The molecule has 1 unspecified atom stereocenters. The van der Waals surface area contributed by atoms with E-state index in [-0.39, 0.29) is 12.0 Å². The van der Waals surface area contributed by atoms with Gasteiger partial charge in [0.15, 0.2) is 5.11 Å². The first-order valence-corrected chi connectivity index (χ1v) is 8.13. The van der Waals surface area contributed by atoms with Crippen LogP contribution in [0.4, 0.5) is 0 Å². The Balaban J connectivity index is 1.71. The summed E-state index contributed by atoms with van der Waals surface area (Å²) in [6.45, 7) is 4.74. The van der Waals surface area contributed by atoms with Crippen LogP contribution in [0.2, 0.25) is 0 Å². The molecule has 0 aliphatic carbocycles. The molecule has 0 amide bonds. The summed E-state index contributed by atoms with van der Waals surface area (Å²) in [5, 5.41) is 6.72. The zero-order valence-electron chi connectivity index (χ0n) is 13.4. The van der Waals surface area contributed by atoms with Gasteiger partial charge in [0.1, 0.15) is 5.82 Å². The van der Waals surface area contributed by atoms with Gasteiger partial charge < -0.3 is 20.4 Å². The van der Waals surface area contributed by atoms with E-state index in [0.29, 0.717) is 24.7 Å². The number of hydrogen-bond donors (Lipinski definition) is 3. The summed E-state index contributed by atoms with van der Waals surface area (Å²) >= 11 is 5.22. The Kier molecular flexibility index (Phi) is 6.34. The average Bonchev–Trinajstić information content (AvgIpc) is 2.89. The van der Waals surface area contributed by atoms with Crippen LogP contribution in [0.3, 0.4) is 0 Å². The normalized spacial score (nSPS) is 11.9. The first-order valence-electron chi connectivity index (χ1n) is 7.72. The Bertz CT molecular complexity index is 638. The predicted octanol–water partition coefficient (Wildman–Crippen LogP) is 1.91. The first-order chi connectivity index (χ1) is 11.1. The summed E-state index contributed by atoms with van der Waals surface area (Å²) in [6.07, 6.45) is 1.03. The Morgan fingerprint density at radius 1 is 1.43 bits per heavy atom. The van der Waals surface area contributed by atoms with E-state index in [2.05, 4.69) is 20.6 Å². The molecule has 0 bridgehead atoms. The van der Waals surface area contributed by atoms with Gasteiger partial charge in [0.25, 0.3) is 0 Å². The van der Waals surface area contributed by atoms with Crippen LogP contribution in [0.15, 0.2) is 24.3 Å². The second kappa shape index (κ2) is 8.47. The van der Waals surface area contributed by atoms with Crippen molar-refractivity contribution in [1.29, 1.82) is 0 Å². The molecule has 2 rings (SSSR count). The highest BCUT2D eigenvalue weighted by Gasteiger charge is 2.10. The molecule has 1 aromatic heterocycles. The number of benzene rings is 1. The number of aromatic nitrogens is 2. The lowest BCUT2D eigenvalue weighted by Crippen LogP contribution is -2.42. The molecule has 2 aromatic rings. The molecule has 3 N–H and O–H groups in total. The number of carbonyl (C=O) groups is 1. The quantitative estimate of drug-likeness (QED) is 0.530. The minimum atomic E-state index is -0.224. The number of H-pyrrole nitrogens is 1. The summed E-state index contributed by atoms with van der Waals surface area (Å²) in [6, 6.07) is 7.86.